The molecule has 2 nitrogen and oxygen atoms in total. The van der Waals surface area contributed by atoms with E-state index in [0.717, 1.165) is 13.0 Å². The summed E-state index contributed by atoms with van der Waals surface area (Å²) < 4.78 is 0. The fourth-order valence-corrected chi connectivity index (χ4v) is 3.16. The number of hydrogen-bond acceptors (Lipinski definition) is 1. The zero-order valence-corrected chi connectivity index (χ0v) is 7.74. The lowest BCUT2D eigenvalue weighted by molar-refractivity contribution is -0.120. The van der Waals surface area contributed by atoms with Crippen LogP contribution in [-0.4, -0.2) is 20.5 Å². The summed E-state index contributed by atoms with van der Waals surface area (Å²) in [6.45, 7) is 5.62. The van der Waals surface area contributed by atoms with Gasteiger partial charge in [0.05, 0.1) is 0 Å². The SMILES string of the molecule is C[Si]1(C)CCNC(=O)CC1. The molecule has 0 atom stereocenters. The predicted octanol–water partition coefficient (Wildman–Crippen LogP) is 1.21. The Bertz CT molecular complexity index is 145. The Morgan fingerprint density at radius 3 is 2.80 bits per heavy atom. The highest BCUT2D eigenvalue weighted by atomic mass is 28.3. The molecule has 0 spiro atoms. The first-order valence-electron chi connectivity index (χ1n) is 3.87. The first-order chi connectivity index (χ1) is 4.60. The van der Waals surface area contributed by atoms with Gasteiger partial charge in [-0.25, -0.2) is 0 Å². The van der Waals surface area contributed by atoms with Crippen molar-refractivity contribution in [1.29, 1.82) is 0 Å². The molecule has 0 aliphatic carbocycles. The average Bonchev–Trinajstić information content (AvgIpc) is 1.94. The summed E-state index contributed by atoms with van der Waals surface area (Å²) in [5, 5.41) is 2.90. The monoisotopic (exact) mass is 157 g/mol. The maximum Gasteiger partial charge on any atom is 0.219 e. The Kier molecular flexibility index (Phi) is 2.13. The Labute approximate surface area is 63.0 Å². The van der Waals surface area contributed by atoms with E-state index in [9.17, 15) is 4.79 Å². The summed E-state index contributed by atoms with van der Waals surface area (Å²) in [6.07, 6.45) is 0.763. The highest BCUT2D eigenvalue weighted by Crippen LogP contribution is 2.18. The molecule has 0 bridgehead atoms. The van der Waals surface area contributed by atoms with E-state index >= 15 is 0 Å². The van der Waals surface area contributed by atoms with E-state index in [1.165, 1.54) is 12.1 Å². The summed E-state index contributed by atoms with van der Waals surface area (Å²) in [5.41, 5.74) is 0. The molecule has 0 aromatic heterocycles. The van der Waals surface area contributed by atoms with Crippen molar-refractivity contribution in [2.45, 2.75) is 31.6 Å². The molecule has 10 heavy (non-hydrogen) atoms. The van der Waals surface area contributed by atoms with Crippen molar-refractivity contribution >= 4 is 14.0 Å². The number of hydrogen-bond donors (Lipinski definition) is 1. The van der Waals surface area contributed by atoms with Gasteiger partial charge in [-0.2, -0.15) is 0 Å². The van der Waals surface area contributed by atoms with Crippen LogP contribution in [0.1, 0.15) is 6.42 Å². The van der Waals surface area contributed by atoms with Gasteiger partial charge < -0.3 is 5.32 Å². The van der Waals surface area contributed by atoms with E-state index in [0.29, 0.717) is 0 Å². The van der Waals surface area contributed by atoms with Gasteiger partial charge in [0.15, 0.2) is 0 Å². The normalized spacial score (nSPS) is 25.2. The Hall–Kier alpha value is -0.313. The first kappa shape index (κ1) is 7.79. The third-order valence-electron chi connectivity index (χ3n) is 2.15. The van der Waals surface area contributed by atoms with Crippen LogP contribution in [-0.2, 0) is 4.79 Å². The van der Waals surface area contributed by atoms with Gasteiger partial charge >= 0.3 is 0 Å². The van der Waals surface area contributed by atoms with Crippen LogP contribution >= 0.6 is 0 Å². The van der Waals surface area contributed by atoms with Gasteiger partial charge in [0.25, 0.3) is 0 Å². The number of carbonyl (C=O) groups is 1. The number of rotatable bonds is 0. The maximum absolute atomic E-state index is 10.9. The molecular weight excluding hydrogens is 142 g/mol. The summed E-state index contributed by atoms with van der Waals surface area (Å²) in [7, 11) is -0.966. The molecule has 0 aromatic carbocycles. The van der Waals surface area contributed by atoms with Crippen LogP contribution in [0.5, 0.6) is 0 Å². The maximum atomic E-state index is 10.9. The van der Waals surface area contributed by atoms with Crippen molar-refractivity contribution in [3.8, 4) is 0 Å². The van der Waals surface area contributed by atoms with Crippen LogP contribution < -0.4 is 5.32 Å². The summed E-state index contributed by atoms with van der Waals surface area (Å²) in [6, 6.07) is 2.41. The molecule has 0 unspecified atom stereocenters. The Morgan fingerprint density at radius 2 is 2.10 bits per heavy atom. The minimum Gasteiger partial charge on any atom is -0.356 e. The molecule has 0 saturated carbocycles. The molecule has 1 heterocycles. The van der Waals surface area contributed by atoms with Crippen LogP contribution in [0.4, 0.5) is 0 Å². The van der Waals surface area contributed by atoms with Crippen molar-refractivity contribution in [3.63, 3.8) is 0 Å². The van der Waals surface area contributed by atoms with Gasteiger partial charge in [0.1, 0.15) is 0 Å². The zero-order valence-electron chi connectivity index (χ0n) is 6.74. The largest absolute Gasteiger partial charge is 0.356 e. The fourth-order valence-electron chi connectivity index (χ4n) is 1.21. The van der Waals surface area contributed by atoms with Gasteiger partial charge in [0.2, 0.25) is 5.91 Å². The summed E-state index contributed by atoms with van der Waals surface area (Å²) in [4.78, 5) is 10.9. The third-order valence-corrected chi connectivity index (χ3v) is 5.36. The van der Waals surface area contributed by atoms with Crippen molar-refractivity contribution in [2.24, 2.45) is 0 Å². The molecule has 1 aliphatic rings. The zero-order chi connectivity index (χ0) is 7.61. The molecule has 1 saturated heterocycles. The number of carbonyl (C=O) groups excluding carboxylic acids is 1. The Balaban J connectivity index is 2.48. The minimum absolute atomic E-state index is 0.248. The Morgan fingerprint density at radius 1 is 1.40 bits per heavy atom. The van der Waals surface area contributed by atoms with E-state index in [2.05, 4.69) is 18.4 Å². The van der Waals surface area contributed by atoms with E-state index in [-0.39, 0.29) is 5.91 Å². The molecule has 0 aromatic rings. The molecule has 1 fully saturated rings. The van der Waals surface area contributed by atoms with Crippen LogP contribution in [0.3, 0.4) is 0 Å². The number of amides is 1. The van der Waals surface area contributed by atoms with Gasteiger partial charge in [-0.3, -0.25) is 4.79 Å². The second-order valence-corrected chi connectivity index (χ2v) is 9.09. The van der Waals surface area contributed by atoms with Gasteiger partial charge in [0, 0.05) is 21.0 Å². The highest BCUT2D eigenvalue weighted by Gasteiger charge is 2.24. The average molecular weight is 157 g/mol. The standard InChI is InChI=1S/C7H15NOSi/c1-10(2)5-3-7(9)8-4-6-10/h3-6H2,1-2H3,(H,8,9). The van der Waals surface area contributed by atoms with Crippen LogP contribution in [0.25, 0.3) is 0 Å². The van der Waals surface area contributed by atoms with Crippen LogP contribution in [0, 0.1) is 0 Å². The van der Waals surface area contributed by atoms with Gasteiger partial charge in [-0.05, 0) is 12.1 Å². The minimum atomic E-state index is -0.966. The first-order valence-corrected chi connectivity index (χ1v) is 7.28. The second kappa shape index (κ2) is 2.74. The van der Waals surface area contributed by atoms with Crippen molar-refractivity contribution in [3.05, 3.63) is 0 Å². The van der Waals surface area contributed by atoms with E-state index in [1.54, 1.807) is 0 Å². The van der Waals surface area contributed by atoms with Gasteiger partial charge in [-0.1, -0.05) is 13.1 Å². The lowest BCUT2D eigenvalue weighted by atomic mass is 10.4. The van der Waals surface area contributed by atoms with E-state index in [1.807, 2.05) is 0 Å². The summed E-state index contributed by atoms with van der Waals surface area (Å²) >= 11 is 0. The van der Waals surface area contributed by atoms with Crippen molar-refractivity contribution in [1.82, 2.24) is 5.32 Å². The molecule has 58 valence electrons. The third kappa shape index (κ3) is 2.14. The molecule has 1 rings (SSSR count). The summed E-state index contributed by atoms with van der Waals surface area (Å²) in [5.74, 6) is 0.248. The lowest BCUT2D eigenvalue weighted by Crippen LogP contribution is -2.26. The highest BCUT2D eigenvalue weighted by molar-refractivity contribution is 6.77. The molecule has 0 radical (unpaired) electrons. The van der Waals surface area contributed by atoms with Gasteiger partial charge in [-0.15, -0.1) is 0 Å². The lowest BCUT2D eigenvalue weighted by Gasteiger charge is -2.17. The smallest absolute Gasteiger partial charge is 0.219 e. The predicted molar refractivity (Wildman–Crippen MR) is 44.7 cm³/mol. The number of nitrogens with one attached hydrogen (secondary N) is 1. The molecule has 1 N–H and O–H groups in total. The molecule has 3 heteroatoms. The second-order valence-electron chi connectivity index (χ2n) is 3.76. The fraction of sp³-hybridized carbons (Fsp3) is 0.857. The van der Waals surface area contributed by atoms with E-state index in [4.69, 9.17) is 0 Å². The molecular formula is C7H15NOSi. The van der Waals surface area contributed by atoms with Crippen LogP contribution in [0.2, 0.25) is 25.2 Å². The van der Waals surface area contributed by atoms with Crippen molar-refractivity contribution < 1.29 is 4.79 Å². The van der Waals surface area contributed by atoms with E-state index < -0.39 is 8.07 Å². The quantitative estimate of drug-likeness (QED) is 0.526. The molecule has 1 aliphatic heterocycles. The topological polar surface area (TPSA) is 29.1 Å². The van der Waals surface area contributed by atoms with Crippen LogP contribution in [0.15, 0.2) is 0 Å². The van der Waals surface area contributed by atoms with Crippen molar-refractivity contribution in [2.75, 3.05) is 6.54 Å². The molecule has 1 amide bonds.